The minimum Gasteiger partial charge on any atom is -0.324 e. The number of nitriles is 1. The Hall–Kier alpha value is -1.64. The normalized spacial score (nSPS) is 10.6. The highest BCUT2D eigenvalue weighted by molar-refractivity contribution is 5.41. The molecule has 0 fully saturated rings. The third-order valence-corrected chi connectivity index (χ3v) is 2.59. The van der Waals surface area contributed by atoms with E-state index < -0.39 is 0 Å². The van der Waals surface area contributed by atoms with Crippen molar-refractivity contribution in [3.05, 3.63) is 24.0 Å². The minimum atomic E-state index is 0.389. The Bertz CT molecular complexity index is 383. The molecular weight excluding hydrogens is 214 g/mol. The summed E-state index contributed by atoms with van der Waals surface area (Å²) in [6.45, 7) is 5.72. The zero-order valence-electron chi connectivity index (χ0n) is 10.3. The van der Waals surface area contributed by atoms with Gasteiger partial charge in [0.2, 0.25) is 0 Å². The van der Waals surface area contributed by atoms with Crippen molar-refractivity contribution in [2.45, 2.75) is 32.9 Å². The van der Waals surface area contributed by atoms with Crippen LogP contribution in [-0.4, -0.2) is 22.5 Å². The Morgan fingerprint density at radius 2 is 2.35 bits per heavy atom. The highest BCUT2D eigenvalue weighted by Gasteiger charge is 2.10. The summed E-state index contributed by atoms with van der Waals surface area (Å²) in [4.78, 5) is 6.51. The monoisotopic (exact) mass is 233 g/mol. The zero-order valence-corrected chi connectivity index (χ0v) is 10.3. The fraction of sp³-hybridized carbons (Fsp3) is 0.500. The van der Waals surface area contributed by atoms with E-state index in [1.54, 1.807) is 6.20 Å². The number of nitrogen functional groups attached to an aromatic ring is 1. The molecule has 0 spiro atoms. The van der Waals surface area contributed by atoms with Crippen molar-refractivity contribution in [2.75, 3.05) is 12.0 Å². The summed E-state index contributed by atoms with van der Waals surface area (Å²) < 4.78 is 0. The fourth-order valence-corrected chi connectivity index (χ4v) is 1.58. The van der Waals surface area contributed by atoms with E-state index in [1.807, 2.05) is 12.1 Å². The Morgan fingerprint density at radius 1 is 1.59 bits per heavy atom. The predicted molar refractivity (Wildman–Crippen MR) is 67.8 cm³/mol. The van der Waals surface area contributed by atoms with Crippen molar-refractivity contribution >= 4 is 5.69 Å². The lowest BCUT2D eigenvalue weighted by Crippen LogP contribution is -2.31. The molecule has 5 heteroatoms. The van der Waals surface area contributed by atoms with Crippen molar-refractivity contribution in [3.8, 4) is 6.07 Å². The van der Waals surface area contributed by atoms with Gasteiger partial charge >= 0.3 is 0 Å². The van der Waals surface area contributed by atoms with E-state index in [0.717, 1.165) is 24.5 Å². The molecule has 1 aromatic heterocycles. The SMILES string of the molecule is CC(C)N(CCC#N)Cc1cc(NN)ccn1. The van der Waals surface area contributed by atoms with E-state index in [-0.39, 0.29) is 0 Å². The van der Waals surface area contributed by atoms with Gasteiger partial charge in [-0.25, -0.2) is 0 Å². The van der Waals surface area contributed by atoms with E-state index in [9.17, 15) is 0 Å². The number of anilines is 1. The van der Waals surface area contributed by atoms with Crippen molar-refractivity contribution in [1.29, 1.82) is 5.26 Å². The van der Waals surface area contributed by atoms with E-state index in [2.05, 4.69) is 35.2 Å². The maximum atomic E-state index is 8.63. The molecular formula is C12H19N5. The van der Waals surface area contributed by atoms with Crippen LogP contribution in [0.4, 0.5) is 5.69 Å². The first-order chi connectivity index (χ1) is 8.17. The molecule has 1 aromatic rings. The molecule has 0 saturated heterocycles. The van der Waals surface area contributed by atoms with Gasteiger partial charge in [0.25, 0.3) is 0 Å². The van der Waals surface area contributed by atoms with Crippen LogP contribution in [-0.2, 0) is 6.54 Å². The minimum absolute atomic E-state index is 0.389. The van der Waals surface area contributed by atoms with Gasteiger partial charge in [-0.1, -0.05) is 0 Å². The molecule has 0 radical (unpaired) electrons. The second kappa shape index (κ2) is 6.84. The standard InChI is InChI=1S/C12H19N5/c1-10(2)17(7-3-5-13)9-12-8-11(16-14)4-6-15-12/h4,6,8,10H,3,7,9,14H2,1-2H3,(H,15,16). The molecule has 0 amide bonds. The maximum absolute atomic E-state index is 8.63. The molecule has 0 unspecified atom stereocenters. The van der Waals surface area contributed by atoms with Crippen molar-refractivity contribution in [1.82, 2.24) is 9.88 Å². The van der Waals surface area contributed by atoms with Crippen molar-refractivity contribution in [3.63, 3.8) is 0 Å². The number of pyridine rings is 1. The number of aromatic nitrogens is 1. The highest BCUT2D eigenvalue weighted by atomic mass is 15.2. The van der Waals surface area contributed by atoms with Gasteiger partial charge in [-0.15, -0.1) is 0 Å². The van der Waals surface area contributed by atoms with Crippen LogP contribution in [0, 0.1) is 11.3 Å². The first kappa shape index (κ1) is 13.4. The summed E-state index contributed by atoms with van der Waals surface area (Å²) in [5.74, 6) is 5.36. The number of nitrogens with two attached hydrogens (primary N) is 1. The summed E-state index contributed by atoms with van der Waals surface area (Å²) in [6.07, 6.45) is 2.26. The van der Waals surface area contributed by atoms with Gasteiger partial charge < -0.3 is 5.43 Å². The first-order valence-corrected chi connectivity index (χ1v) is 5.70. The zero-order chi connectivity index (χ0) is 12.7. The summed E-state index contributed by atoms with van der Waals surface area (Å²) in [5.41, 5.74) is 4.40. The van der Waals surface area contributed by atoms with Crippen LogP contribution in [0.2, 0.25) is 0 Å². The van der Waals surface area contributed by atoms with Crippen LogP contribution in [0.15, 0.2) is 18.3 Å². The lowest BCUT2D eigenvalue weighted by Gasteiger charge is -2.25. The average Bonchev–Trinajstić information content (AvgIpc) is 2.34. The van der Waals surface area contributed by atoms with Crippen LogP contribution in [0.25, 0.3) is 0 Å². The first-order valence-electron chi connectivity index (χ1n) is 5.70. The van der Waals surface area contributed by atoms with Gasteiger partial charge in [-0.05, 0) is 26.0 Å². The highest BCUT2D eigenvalue weighted by Crippen LogP contribution is 2.11. The van der Waals surface area contributed by atoms with Gasteiger partial charge in [0.1, 0.15) is 0 Å². The predicted octanol–water partition coefficient (Wildman–Crippen LogP) is 1.49. The summed E-state index contributed by atoms with van der Waals surface area (Å²) >= 11 is 0. The van der Waals surface area contributed by atoms with Crippen LogP contribution < -0.4 is 11.3 Å². The molecule has 0 aliphatic carbocycles. The average molecular weight is 233 g/mol. The van der Waals surface area contributed by atoms with Gasteiger partial charge in [-0.3, -0.25) is 15.7 Å². The van der Waals surface area contributed by atoms with Gasteiger partial charge in [0.05, 0.1) is 17.5 Å². The summed E-state index contributed by atoms with van der Waals surface area (Å²) in [6, 6.07) is 6.29. The molecule has 0 bridgehead atoms. The molecule has 3 N–H and O–H groups in total. The van der Waals surface area contributed by atoms with Crippen LogP contribution in [0.5, 0.6) is 0 Å². The maximum Gasteiger partial charge on any atom is 0.0635 e. The third kappa shape index (κ3) is 4.39. The lowest BCUT2D eigenvalue weighted by atomic mass is 10.2. The number of hydrogen-bond donors (Lipinski definition) is 2. The molecule has 0 saturated carbocycles. The molecule has 1 rings (SSSR count). The Labute approximate surface area is 102 Å². The lowest BCUT2D eigenvalue weighted by molar-refractivity contribution is 0.215. The van der Waals surface area contributed by atoms with Gasteiger partial charge in [0, 0.05) is 31.7 Å². The molecule has 1 heterocycles. The number of nitrogens with one attached hydrogen (secondary N) is 1. The molecule has 0 aliphatic heterocycles. The Kier molecular flexibility index (Phi) is 5.40. The van der Waals surface area contributed by atoms with Crippen LogP contribution in [0.3, 0.4) is 0 Å². The number of nitrogens with zero attached hydrogens (tertiary/aromatic N) is 3. The molecule has 17 heavy (non-hydrogen) atoms. The van der Waals surface area contributed by atoms with Crippen LogP contribution >= 0.6 is 0 Å². The number of hydrogen-bond acceptors (Lipinski definition) is 5. The topological polar surface area (TPSA) is 78.0 Å². The second-order valence-electron chi connectivity index (χ2n) is 4.15. The second-order valence-corrected chi connectivity index (χ2v) is 4.15. The molecule has 0 aliphatic rings. The molecule has 0 atom stereocenters. The van der Waals surface area contributed by atoms with E-state index >= 15 is 0 Å². The van der Waals surface area contributed by atoms with Crippen molar-refractivity contribution < 1.29 is 0 Å². The third-order valence-electron chi connectivity index (χ3n) is 2.59. The number of rotatable bonds is 6. The molecule has 5 nitrogen and oxygen atoms in total. The van der Waals surface area contributed by atoms with E-state index in [1.165, 1.54) is 0 Å². The summed E-state index contributed by atoms with van der Waals surface area (Å²) in [5, 5.41) is 8.63. The van der Waals surface area contributed by atoms with Gasteiger partial charge in [-0.2, -0.15) is 5.26 Å². The Morgan fingerprint density at radius 3 is 2.94 bits per heavy atom. The summed E-state index contributed by atoms with van der Waals surface area (Å²) in [7, 11) is 0. The smallest absolute Gasteiger partial charge is 0.0635 e. The van der Waals surface area contributed by atoms with E-state index in [0.29, 0.717) is 12.5 Å². The van der Waals surface area contributed by atoms with Crippen molar-refractivity contribution in [2.24, 2.45) is 5.84 Å². The largest absolute Gasteiger partial charge is 0.324 e. The quantitative estimate of drug-likeness (QED) is 0.575. The molecule has 0 aromatic carbocycles. The van der Waals surface area contributed by atoms with Gasteiger partial charge in [0.15, 0.2) is 0 Å². The van der Waals surface area contributed by atoms with Crippen LogP contribution in [0.1, 0.15) is 26.0 Å². The Balaban J connectivity index is 2.68. The van der Waals surface area contributed by atoms with E-state index in [4.69, 9.17) is 11.1 Å². The molecule has 92 valence electrons. The number of hydrazine groups is 1. The fourth-order valence-electron chi connectivity index (χ4n) is 1.58.